The number of benzene rings is 2. The molecule has 2 aromatic heterocycles. The van der Waals surface area contributed by atoms with Crippen molar-refractivity contribution in [2.75, 3.05) is 0 Å². The highest BCUT2D eigenvalue weighted by Gasteiger charge is 2.18. The van der Waals surface area contributed by atoms with Crippen molar-refractivity contribution < 1.29 is 9.18 Å². The number of fused-ring (bicyclic) bond motifs is 1. The molecule has 0 aliphatic rings. The molecule has 0 atom stereocenters. The van der Waals surface area contributed by atoms with Gasteiger partial charge in [0.25, 0.3) is 5.56 Å². The molecule has 0 aliphatic heterocycles. The van der Waals surface area contributed by atoms with Crippen LogP contribution in [0.25, 0.3) is 21.3 Å². The van der Waals surface area contributed by atoms with Crippen molar-refractivity contribution in [1.29, 1.82) is 0 Å². The number of thiophene rings is 1. The van der Waals surface area contributed by atoms with Crippen molar-refractivity contribution in [1.82, 2.24) is 9.55 Å². The van der Waals surface area contributed by atoms with Gasteiger partial charge in [-0.15, -0.1) is 11.3 Å². The monoisotopic (exact) mass is 412 g/mol. The molecule has 0 fully saturated rings. The van der Waals surface area contributed by atoms with Crippen molar-refractivity contribution in [3.05, 3.63) is 86.5 Å². The molecule has 0 unspecified atom stereocenters. The van der Waals surface area contributed by atoms with Crippen LogP contribution in [0.5, 0.6) is 0 Å². The number of hydrogen-bond acceptors (Lipinski definition) is 4. The van der Waals surface area contributed by atoms with Crippen molar-refractivity contribution in [2.45, 2.75) is 13.5 Å². The average molecular weight is 413 g/mol. The van der Waals surface area contributed by atoms with Crippen LogP contribution in [-0.2, 0) is 6.54 Å². The van der Waals surface area contributed by atoms with E-state index in [0.29, 0.717) is 20.8 Å². The molecule has 0 radical (unpaired) electrons. The van der Waals surface area contributed by atoms with Crippen LogP contribution in [0.3, 0.4) is 0 Å². The van der Waals surface area contributed by atoms with Crippen LogP contribution in [-0.4, -0.2) is 15.3 Å². The number of ketones is 1. The molecule has 140 valence electrons. The minimum Gasteiger partial charge on any atom is -0.292 e. The number of aryl methyl sites for hydroxylation is 1. The van der Waals surface area contributed by atoms with E-state index >= 15 is 0 Å². The van der Waals surface area contributed by atoms with Gasteiger partial charge in [-0.3, -0.25) is 14.2 Å². The molecule has 0 N–H and O–H groups in total. The smallest absolute Gasteiger partial charge is 0.263 e. The van der Waals surface area contributed by atoms with Gasteiger partial charge in [-0.2, -0.15) is 0 Å². The Balaban J connectivity index is 1.79. The zero-order chi connectivity index (χ0) is 19.8. The van der Waals surface area contributed by atoms with Crippen LogP contribution in [0, 0.1) is 12.7 Å². The number of nitrogens with zero attached hydrogens (tertiary/aromatic N) is 2. The molecule has 0 saturated heterocycles. The molecule has 28 heavy (non-hydrogen) atoms. The third-order valence-electron chi connectivity index (χ3n) is 4.47. The van der Waals surface area contributed by atoms with E-state index in [1.807, 2.05) is 6.92 Å². The van der Waals surface area contributed by atoms with Gasteiger partial charge in [-0.1, -0.05) is 23.7 Å². The summed E-state index contributed by atoms with van der Waals surface area (Å²) in [5.41, 5.74) is 1.64. The summed E-state index contributed by atoms with van der Waals surface area (Å²) in [5, 5.41) is 0.981. The maximum atomic E-state index is 13.3. The second-order valence-corrected chi connectivity index (χ2v) is 7.97. The van der Waals surface area contributed by atoms with Crippen LogP contribution in [0.4, 0.5) is 4.39 Å². The molecule has 2 heterocycles. The highest BCUT2D eigenvalue weighted by atomic mass is 35.5. The molecule has 0 aliphatic carbocycles. The van der Waals surface area contributed by atoms with Gasteiger partial charge in [0, 0.05) is 21.0 Å². The number of Topliss-reactive ketones (excluding diaryl/α,β-unsaturated/α-hetero) is 1. The molecule has 0 spiro atoms. The number of hydrogen-bond donors (Lipinski definition) is 0. The quantitative estimate of drug-likeness (QED) is 0.438. The van der Waals surface area contributed by atoms with E-state index in [1.54, 1.807) is 36.4 Å². The van der Waals surface area contributed by atoms with Gasteiger partial charge in [0.15, 0.2) is 5.78 Å². The van der Waals surface area contributed by atoms with E-state index in [4.69, 9.17) is 11.6 Å². The number of carbonyl (C=O) groups is 1. The molecule has 4 rings (SSSR count). The maximum Gasteiger partial charge on any atom is 0.263 e. The Bertz CT molecular complexity index is 1240. The Hall–Kier alpha value is -2.83. The Kier molecular flexibility index (Phi) is 4.83. The molecule has 0 bridgehead atoms. The van der Waals surface area contributed by atoms with Gasteiger partial charge in [0.1, 0.15) is 10.6 Å². The fourth-order valence-electron chi connectivity index (χ4n) is 3.10. The topological polar surface area (TPSA) is 52.0 Å². The molecular weight excluding hydrogens is 399 g/mol. The normalized spacial score (nSPS) is 11.1. The molecule has 4 nitrogen and oxygen atoms in total. The fourth-order valence-corrected chi connectivity index (χ4v) is 4.23. The minimum atomic E-state index is -0.343. The van der Waals surface area contributed by atoms with Crippen LogP contribution < -0.4 is 5.56 Å². The first-order valence-electron chi connectivity index (χ1n) is 8.47. The van der Waals surface area contributed by atoms with Gasteiger partial charge in [-0.05, 0) is 48.9 Å². The van der Waals surface area contributed by atoms with Crippen LogP contribution in [0.15, 0.2) is 59.7 Å². The second-order valence-electron chi connectivity index (χ2n) is 6.33. The SMILES string of the molecule is Cc1sc2ncn(CC(=O)c3ccc(Cl)cc3)c(=O)c2c1-c1ccc(F)cc1. The van der Waals surface area contributed by atoms with E-state index in [1.165, 1.54) is 34.4 Å². The molecule has 0 amide bonds. The lowest BCUT2D eigenvalue weighted by Crippen LogP contribution is -2.24. The lowest BCUT2D eigenvalue weighted by molar-refractivity contribution is 0.0970. The number of carbonyl (C=O) groups excluding carboxylic acids is 1. The lowest BCUT2D eigenvalue weighted by Gasteiger charge is -2.06. The molecule has 2 aromatic carbocycles. The minimum absolute atomic E-state index is 0.124. The molecule has 4 aromatic rings. The first-order valence-corrected chi connectivity index (χ1v) is 9.67. The number of aromatic nitrogens is 2. The summed E-state index contributed by atoms with van der Waals surface area (Å²) in [6.07, 6.45) is 1.39. The van der Waals surface area contributed by atoms with Gasteiger partial charge in [-0.25, -0.2) is 9.37 Å². The molecule has 7 heteroatoms. The number of halogens is 2. The Morgan fingerprint density at radius 1 is 1.14 bits per heavy atom. The van der Waals surface area contributed by atoms with Crippen molar-refractivity contribution >= 4 is 38.9 Å². The van der Waals surface area contributed by atoms with E-state index in [9.17, 15) is 14.0 Å². The van der Waals surface area contributed by atoms with E-state index in [2.05, 4.69) is 4.98 Å². The maximum absolute atomic E-state index is 13.3. The summed E-state index contributed by atoms with van der Waals surface area (Å²) in [4.78, 5) is 31.5. The van der Waals surface area contributed by atoms with Crippen molar-refractivity contribution in [3.63, 3.8) is 0 Å². The van der Waals surface area contributed by atoms with Crippen molar-refractivity contribution in [2.24, 2.45) is 0 Å². The first kappa shape index (κ1) is 18.5. The zero-order valence-electron chi connectivity index (χ0n) is 14.8. The summed E-state index contributed by atoms with van der Waals surface area (Å²) in [7, 11) is 0. The average Bonchev–Trinajstić information content (AvgIpc) is 3.02. The fraction of sp³-hybridized carbons (Fsp3) is 0.0952. The predicted octanol–water partition coefficient (Wildman–Crippen LogP) is 5.11. The van der Waals surface area contributed by atoms with Gasteiger partial charge in [0.2, 0.25) is 0 Å². The van der Waals surface area contributed by atoms with Crippen LogP contribution >= 0.6 is 22.9 Å². The van der Waals surface area contributed by atoms with Gasteiger partial charge in [0.05, 0.1) is 18.3 Å². The zero-order valence-corrected chi connectivity index (χ0v) is 16.4. The lowest BCUT2D eigenvalue weighted by atomic mass is 10.0. The molecular formula is C21H14ClFN2O2S. The molecule has 0 saturated carbocycles. The van der Waals surface area contributed by atoms with E-state index < -0.39 is 0 Å². The standard InChI is InChI=1S/C21H14ClFN2O2S/c1-12-18(14-4-8-16(23)9-5-14)19-20(28-12)24-11-25(21(19)27)10-17(26)13-2-6-15(22)7-3-13/h2-9,11H,10H2,1H3. The third kappa shape index (κ3) is 3.37. The Morgan fingerprint density at radius 2 is 1.82 bits per heavy atom. The summed E-state index contributed by atoms with van der Waals surface area (Å²) in [5.74, 6) is -0.555. The van der Waals surface area contributed by atoms with Crippen LogP contribution in [0.1, 0.15) is 15.2 Å². The Labute approximate surface area is 168 Å². The summed E-state index contributed by atoms with van der Waals surface area (Å²) >= 11 is 7.26. The number of rotatable bonds is 4. The second kappa shape index (κ2) is 7.30. The van der Waals surface area contributed by atoms with Crippen LogP contribution in [0.2, 0.25) is 5.02 Å². The Morgan fingerprint density at radius 3 is 2.50 bits per heavy atom. The third-order valence-corrected chi connectivity index (χ3v) is 5.73. The van der Waals surface area contributed by atoms with E-state index in [0.717, 1.165) is 16.0 Å². The van der Waals surface area contributed by atoms with Crippen molar-refractivity contribution in [3.8, 4) is 11.1 Å². The largest absolute Gasteiger partial charge is 0.292 e. The highest BCUT2D eigenvalue weighted by molar-refractivity contribution is 7.19. The predicted molar refractivity (Wildman–Crippen MR) is 110 cm³/mol. The summed E-state index contributed by atoms with van der Waals surface area (Å²) < 4.78 is 14.6. The summed E-state index contributed by atoms with van der Waals surface area (Å²) in [6, 6.07) is 12.5. The highest BCUT2D eigenvalue weighted by Crippen LogP contribution is 2.35. The van der Waals surface area contributed by atoms with Gasteiger partial charge < -0.3 is 0 Å². The summed E-state index contributed by atoms with van der Waals surface area (Å²) in [6.45, 7) is 1.77. The van der Waals surface area contributed by atoms with E-state index in [-0.39, 0.29) is 23.7 Å². The first-order chi connectivity index (χ1) is 13.4. The van der Waals surface area contributed by atoms with Gasteiger partial charge >= 0.3 is 0 Å².